The Labute approximate surface area is 129 Å². The molecule has 4 aliphatic rings. The third-order valence-corrected chi connectivity index (χ3v) is 5.59. The van der Waals surface area contributed by atoms with Gasteiger partial charge in [0.15, 0.2) is 0 Å². The van der Waals surface area contributed by atoms with Crippen LogP contribution in [0.1, 0.15) is 45.4 Å². The highest BCUT2D eigenvalue weighted by Gasteiger charge is 2.55. The predicted molar refractivity (Wildman–Crippen MR) is 75.1 cm³/mol. The van der Waals surface area contributed by atoms with Crippen LogP contribution in [0.2, 0.25) is 0 Å². The number of carbonyl (C=O) groups excluding carboxylic acids is 1. The Morgan fingerprint density at radius 2 is 1.68 bits per heavy atom. The lowest BCUT2D eigenvalue weighted by molar-refractivity contribution is -0.172. The molecule has 4 fully saturated rings. The van der Waals surface area contributed by atoms with Crippen molar-refractivity contribution >= 4 is 5.97 Å². The van der Waals surface area contributed by atoms with Gasteiger partial charge in [-0.2, -0.15) is 13.2 Å². The first kappa shape index (κ1) is 16.1. The molecular weight excluding hydrogens is 295 g/mol. The lowest BCUT2D eigenvalue weighted by Gasteiger charge is -2.55. The Morgan fingerprint density at radius 1 is 1.18 bits per heavy atom. The molecule has 4 saturated carbocycles. The van der Waals surface area contributed by atoms with Gasteiger partial charge in [-0.15, -0.1) is 0 Å². The average Bonchev–Trinajstić information content (AvgIpc) is 2.40. The van der Waals surface area contributed by atoms with Gasteiger partial charge in [-0.1, -0.05) is 0 Å². The van der Waals surface area contributed by atoms with E-state index in [1.165, 1.54) is 19.3 Å². The van der Waals surface area contributed by atoms with E-state index in [1.807, 2.05) is 0 Å². The zero-order valence-corrected chi connectivity index (χ0v) is 12.9. The topological polar surface area (TPSA) is 38.3 Å². The second-order valence-corrected chi connectivity index (χ2v) is 7.69. The molecule has 3 nitrogen and oxygen atoms in total. The van der Waals surface area contributed by atoms with Crippen LogP contribution in [0.4, 0.5) is 13.2 Å². The van der Waals surface area contributed by atoms with Crippen LogP contribution in [0.5, 0.6) is 0 Å². The number of hydrogen-bond acceptors (Lipinski definition) is 3. The van der Waals surface area contributed by atoms with Crippen molar-refractivity contribution in [2.75, 3.05) is 13.2 Å². The van der Waals surface area contributed by atoms with Crippen LogP contribution < -0.4 is 5.32 Å². The second kappa shape index (κ2) is 5.69. The minimum Gasteiger partial charge on any atom is -0.464 e. The van der Waals surface area contributed by atoms with Crippen LogP contribution in [-0.4, -0.2) is 31.3 Å². The lowest BCUT2D eigenvalue weighted by atomic mass is 9.49. The summed E-state index contributed by atoms with van der Waals surface area (Å²) in [5.74, 6) is 1.78. The first-order chi connectivity index (χ1) is 10.3. The fourth-order valence-electron chi connectivity index (χ4n) is 5.06. The lowest BCUT2D eigenvalue weighted by Crippen LogP contribution is -2.51. The molecule has 0 heterocycles. The number of hydrogen-bond donors (Lipinski definition) is 1. The molecule has 0 saturated heterocycles. The summed E-state index contributed by atoms with van der Waals surface area (Å²) in [6.07, 6.45) is 2.26. The molecular formula is C16H24F3NO2. The number of alkyl halides is 3. The van der Waals surface area contributed by atoms with Crippen LogP contribution in [0, 0.1) is 23.2 Å². The van der Waals surface area contributed by atoms with Gasteiger partial charge in [-0.05, 0) is 63.2 Å². The number of ether oxygens (including phenoxy) is 1. The normalized spacial score (nSPS) is 38.1. The van der Waals surface area contributed by atoms with Crippen molar-refractivity contribution in [1.29, 1.82) is 0 Å². The largest absolute Gasteiger partial charge is 0.464 e. The van der Waals surface area contributed by atoms with Gasteiger partial charge >= 0.3 is 12.1 Å². The van der Waals surface area contributed by atoms with E-state index in [4.69, 9.17) is 4.74 Å². The fourth-order valence-corrected chi connectivity index (χ4v) is 5.06. The highest BCUT2D eigenvalue weighted by atomic mass is 19.4. The van der Waals surface area contributed by atoms with Gasteiger partial charge in [-0.3, -0.25) is 4.79 Å². The molecule has 22 heavy (non-hydrogen) atoms. The average molecular weight is 319 g/mol. The number of halogens is 3. The van der Waals surface area contributed by atoms with E-state index >= 15 is 0 Å². The van der Waals surface area contributed by atoms with Crippen molar-refractivity contribution in [3.05, 3.63) is 0 Å². The molecule has 0 aromatic heterocycles. The summed E-state index contributed by atoms with van der Waals surface area (Å²) >= 11 is 0. The van der Waals surface area contributed by atoms with Crippen LogP contribution in [0.3, 0.4) is 0 Å². The van der Waals surface area contributed by atoms with Crippen molar-refractivity contribution in [3.8, 4) is 0 Å². The summed E-state index contributed by atoms with van der Waals surface area (Å²) in [6, 6.07) is -0.487. The van der Waals surface area contributed by atoms with Gasteiger partial charge < -0.3 is 10.1 Å². The van der Waals surface area contributed by atoms with Crippen LogP contribution in [0.25, 0.3) is 0 Å². The first-order valence-corrected chi connectivity index (χ1v) is 8.23. The molecule has 1 atom stereocenters. The molecule has 4 rings (SSSR count). The first-order valence-electron chi connectivity index (χ1n) is 8.23. The van der Waals surface area contributed by atoms with Crippen LogP contribution in [-0.2, 0) is 9.53 Å². The van der Waals surface area contributed by atoms with E-state index < -0.39 is 18.8 Å². The summed E-state index contributed by atoms with van der Waals surface area (Å²) in [4.78, 5) is 12.5. The summed E-state index contributed by atoms with van der Waals surface area (Å²) in [5.41, 5.74) is -0.335. The molecule has 0 radical (unpaired) electrons. The maximum atomic E-state index is 12.5. The number of nitrogens with one attached hydrogen (secondary N) is 1. The maximum Gasteiger partial charge on any atom is 0.401 e. The van der Waals surface area contributed by atoms with Crippen molar-refractivity contribution in [3.63, 3.8) is 0 Å². The van der Waals surface area contributed by atoms with E-state index in [1.54, 1.807) is 6.92 Å². The molecule has 0 aromatic carbocycles. The van der Waals surface area contributed by atoms with Crippen molar-refractivity contribution in [2.24, 2.45) is 23.2 Å². The third kappa shape index (κ3) is 3.42. The monoisotopic (exact) mass is 319 g/mol. The smallest absolute Gasteiger partial charge is 0.401 e. The number of esters is 1. The maximum absolute atomic E-state index is 12.5. The van der Waals surface area contributed by atoms with E-state index in [0.29, 0.717) is 17.8 Å². The van der Waals surface area contributed by atoms with E-state index in [-0.39, 0.29) is 18.0 Å². The van der Waals surface area contributed by atoms with Gasteiger partial charge in [0.25, 0.3) is 0 Å². The highest BCUT2D eigenvalue weighted by molar-refractivity contribution is 5.77. The van der Waals surface area contributed by atoms with E-state index in [2.05, 4.69) is 5.32 Å². The van der Waals surface area contributed by atoms with Gasteiger partial charge in [0, 0.05) is 6.04 Å². The summed E-state index contributed by atoms with van der Waals surface area (Å²) in [5, 5.41) is 2.35. The molecule has 4 aliphatic carbocycles. The second-order valence-electron chi connectivity index (χ2n) is 7.69. The number of rotatable bonds is 5. The van der Waals surface area contributed by atoms with Gasteiger partial charge in [0.2, 0.25) is 0 Å². The number of carbonyl (C=O) groups is 1. The van der Waals surface area contributed by atoms with Gasteiger partial charge in [-0.25, -0.2) is 0 Å². The highest BCUT2D eigenvalue weighted by Crippen LogP contribution is 2.60. The molecule has 1 unspecified atom stereocenters. The van der Waals surface area contributed by atoms with E-state index in [0.717, 1.165) is 19.3 Å². The molecule has 0 amide bonds. The van der Waals surface area contributed by atoms with Gasteiger partial charge in [0.1, 0.15) is 6.61 Å². The third-order valence-electron chi connectivity index (χ3n) is 5.59. The molecule has 0 aromatic rings. The summed E-state index contributed by atoms with van der Waals surface area (Å²) in [6.45, 7) is 0.568. The Hall–Kier alpha value is -0.780. The predicted octanol–water partition coefficient (Wildman–Crippen LogP) is 3.29. The molecule has 6 heteroatoms. The van der Waals surface area contributed by atoms with Crippen LogP contribution >= 0.6 is 0 Å². The van der Waals surface area contributed by atoms with Crippen molar-refractivity contribution < 1.29 is 22.7 Å². The minimum atomic E-state index is -4.24. The van der Waals surface area contributed by atoms with Crippen molar-refractivity contribution in [2.45, 2.75) is 57.7 Å². The Balaban J connectivity index is 1.50. The Kier molecular flexibility index (Phi) is 4.16. The SMILES string of the molecule is CC(COC(=O)C12CC3CC(CC(C3)C1)C2)NCC(F)(F)F. The van der Waals surface area contributed by atoms with Crippen LogP contribution in [0.15, 0.2) is 0 Å². The zero-order valence-electron chi connectivity index (χ0n) is 12.9. The summed E-state index contributed by atoms with van der Waals surface area (Å²) in [7, 11) is 0. The minimum absolute atomic E-state index is 0.0106. The standard InChI is InChI=1S/C16H24F3NO2/c1-10(20-9-16(17,18)19)8-22-14(21)15-5-11-2-12(6-15)4-13(3-11)7-15/h10-13,20H,2-9H2,1H3. The van der Waals surface area contributed by atoms with Gasteiger partial charge in [0.05, 0.1) is 12.0 Å². The van der Waals surface area contributed by atoms with E-state index in [9.17, 15) is 18.0 Å². The quantitative estimate of drug-likeness (QED) is 0.790. The Morgan fingerprint density at radius 3 is 2.14 bits per heavy atom. The Bertz CT molecular complexity index is 400. The molecule has 4 bridgehead atoms. The zero-order chi connectivity index (χ0) is 16.0. The molecule has 0 aliphatic heterocycles. The molecule has 0 spiro atoms. The fraction of sp³-hybridized carbons (Fsp3) is 0.938. The summed E-state index contributed by atoms with van der Waals surface area (Å²) < 4.78 is 41.8. The molecule has 126 valence electrons. The van der Waals surface area contributed by atoms with Crippen molar-refractivity contribution in [1.82, 2.24) is 5.32 Å². The molecule has 1 N–H and O–H groups in total.